The molecule has 0 spiro atoms. The van der Waals surface area contributed by atoms with E-state index in [1.54, 1.807) is 0 Å². The smallest absolute Gasteiger partial charge is 0.120 e. The SMILES string of the molecule is CCC(CC)c1ccc(CCC=O)cc1Cl. The number of carbonyl (C=O) groups excluding carboxylic acids is 1. The summed E-state index contributed by atoms with van der Waals surface area (Å²) in [7, 11) is 0. The standard InChI is InChI=1S/C14H19ClO/c1-3-12(4-2)13-8-7-11(6-5-9-16)10-14(13)15/h7-10,12H,3-6H2,1-2H3. The Kier molecular flexibility index (Phi) is 5.54. The summed E-state index contributed by atoms with van der Waals surface area (Å²) in [5.74, 6) is 0.549. The first-order valence-electron chi connectivity index (χ1n) is 5.94. The van der Waals surface area contributed by atoms with Gasteiger partial charge in [-0.05, 0) is 42.4 Å². The number of halogens is 1. The Morgan fingerprint density at radius 1 is 1.31 bits per heavy atom. The number of carbonyl (C=O) groups is 1. The highest BCUT2D eigenvalue weighted by atomic mass is 35.5. The lowest BCUT2D eigenvalue weighted by Gasteiger charge is -2.15. The molecule has 0 bridgehead atoms. The first-order valence-corrected chi connectivity index (χ1v) is 6.32. The van der Waals surface area contributed by atoms with Crippen LogP contribution in [0.2, 0.25) is 5.02 Å². The van der Waals surface area contributed by atoms with Crippen molar-refractivity contribution in [3.05, 3.63) is 34.3 Å². The minimum Gasteiger partial charge on any atom is -0.303 e. The molecule has 0 aromatic heterocycles. The van der Waals surface area contributed by atoms with Gasteiger partial charge in [0.05, 0.1) is 0 Å². The minimum atomic E-state index is 0.549. The number of benzene rings is 1. The van der Waals surface area contributed by atoms with Gasteiger partial charge in [-0.15, -0.1) is 0 Å². The van der Waals surface area contributed by atoms with E-state index in [0.29, 0.717) is 12.3 Å². The lowest BCUT2D eigenvalue weighted by molar-refractivity contribution is -0.107. The summed E-state index contributed by atoms with van der Waals surface area (Å²) in [5, 5.41) is 0.845. The zero-order valence-corrected chi connectivity index (χ0v) is 10.8. The predicted molar refractivity (Wildman–Crippen MR) is 69.2 cm³/mol. The quantitative estimate of drug-likeness (QED) is 0.673. The average molecular weight is 239 g/mol. The van der Waals surface area contributed by atoms with Crippen LogP contribution >= 0.6 is 11.6 Å². The molecule has 0 aliphatic carbocycles. The van der Waals surface area contributed by atoms with Crippen molar-refractivity contribution in [2.75, 3.05) is 0 Å². The second kappa shape index (κ2) is 6.70. The molecule has 0 saturated heterocycles. The van der Waals surface area contributed by atoms with Crippen molar-refractivity contribution in [1.82, 2.24) is 0 Å². The minimum absolute atomic E-state index is 0.549. The average Bonchev–Trinajstić information content (AvgIpc) is 2.30. The Hall–Kier alpha value is -0.820. The normalized spacial score (nSPS) is 10.8. The lowest BCUT2D eigenvalue weighted by atomic mass is 9.93. The maximum atomic E-state index is 10.3. The van der Waals surface area contributed by atoms with Crippen molar-refractivity contribution in [2.45, 2.75) is 45.4 Å². The number of hydrogen-bond donors (Lipinski definition) is 0. The Bertz CT molecular complexity index is 343. The van der Waals surface area contributed by atoms with Crippen LogP contribution in [0.25, 0.3) is 0 Å². The molecule has 0 fully saturated rings. The molecule has 0 saturated carbocycles. The molecule has 1 rings (SSSR count). The van der Waals surface area contributed by atoms with E-state index in [2.05, 4.69) is 26.0 Å². The molecule has 0 amide bonds. The van der Waals surface area contributed by atoms with Gasteiger partial charge in [-0.2, -0.15) is 0 Å². The van der Waals surface area contributed by atoms with Gasteiger partial charge in [-0.3, -0.25) is 0 Å². The maximum absolute atomic E-state index is 10.3. The lowest BCUT2D eigenvalue weighted by Crippen LogP contribution is -1.97. The third-order valence-corrected chi connectivity index (χ3v) is 3.37. The van der Waals surface area contributed by atoms with Crippen LogP contribution in [0.1, 0.15) is 50.2 Å². The number of aldehydes is 1. The van der Waals surface area contributed by atoms with Crippen molar-refractivity contribution < 1.29 is 4.79 Å². The van der Waals surface area contributed by atoms with Gasteiger partial charge in [0.1, 0.15) is 6.29 Å². The van der Waals surface area contributed by atoms with Crippen LogP contribution in [0.4, 0.5) is 0 Å². The first-order chi connectivity index (χ1) is 7.72. The van der Waals surface area contributed by atoms with Crippen molar-refractivity contribution in [2.24, 2.45) is 0 Å². The van der Waals surface area contributed by atoms with Crippen LogP contribution < -0.4 is 0 Å². The summed E-state index contributed by atoms with van der Waals surface area (Å²) in [6.07, 6.45) is 4.53. The highest BCUT2D eigenvalue weighted by Crippen LogP contribution is 2.30. The second-order valence-corrected chi connectivity index (χ2v) is 4.48. The summed E-state index contributed by atoms with van der Waals surface area (Å²) in [6, 6.07) is 6.20. The monoisotopic (exact) mass is 238 g/mol. The fourth-order valence-corrected chi connectivity index (χ4v) is 2.37. The van der Waals surface area contributed by atoms with Crippen LogP contribution in [-0.2, 0) is 11.2 Å². The third kappa shape index (κ3) is 3.34. The summed E-state index contributed by atoms with van der Waals surface area (Å²) in [5.41, 5.74) is 2.38. The Morgan fingerprint density at radius 3 is 2.50 bits per heavy atom. The molecule has 0 atom stereocenters. The molecule has 1 aromatic rings. The van der Waals surface area contributed by atoms with Gasteiger partial charge in [0.2, 0.25) is 0 Å². The highest BCUT2D eigenvalue weighted by molar-refractivity contribution is 6.31. The number of hydrogen-bond acceptors (Lipinski definition) is 1. The molecule has 88 valence electrons. The van der Waals surface area contributed by atoms with E-state index < -0.39 is 0 Å². The molecule has 0 aliphatic heterocycles. The van der Waals surface area contributed by atoms with Crippen LogP contribution in [0, 0.1) is 0 Å². The first kappa shape index (κ1) is 13.2. The summed E-state index contributed by atoms with van der Waals surface area (Å²) < 4.78 is 0. The van der Waals surface area contributed by atoms with E-state index in [9.17, 15) is 4.79 Å². The van der Waals surface area contributed by atoms with Gasteiger partial charge in [0, 0.05) is 11.4 Å². The van der Waals surface area contributed by atoms with Gasteiger partial charge in [0.25, 0.3) is 0 Å². The molecule has 0 heterocycles. The summed E-state index contributed by atoms with van der Waals surface area (Å²) in [4.78, 5) is 10.3. The Morgan fingerprint density at radius 2 is 2.00 bits per heavy atom. The molecule has 0 aliphatic rings. The van der Waals surface area contributed by atoms with Crippen LogP contribution in [-0.4, -0.2) is 6.29 Å². The number of aryl methyl sites for hydroxylation is 1. The molecule has 1 aromatic carbocycles. The van der Waals surface area contributed by atoms with Gasteiger partial charge in [-0.1, -0.05) is 37.6 Å². The van der Waals surface area contributed by atoms with Crippen LogP contribution in [0.3, 0.4) is 0 Å². The molecular weight excluding hydrogens is 220 g/mol. The van der Waals surface area contributed by atoms with Crippen LogP contribution in [0.5, 0.6) is 0 Å². The zero-order valence-electron chi connectivity index (χ0n) is 10.0. The molecule has 0 radical (unpaired) electrons. The molecule has 2 heteroatoms. The van der Waals surface area contributed by atoms with E-state index in [1.807, 2.05) is 6.07 Å². The van der Waals surface area contributed by atoms with E-state index >= 15 is 0 Å². The Balaban J connectivity index is 2.85. The fourth-order valence-electron chi connectivity index (χ4n) is 2.01. The van der Waals surface area contributed by atoms with E-state index in [1.165, 1.54) is 5.56 Å². The van der Waals surface area contributed by atoms with E-state index in [-0.39, 0.29) is 0 Å². The molecular formula is C14H19ClO. The second-order valence-electron chi connectivity index (χ2n) is 4.07. The maximum Gasteiger partial charge on any atom is 0.120 e. The van der Waals surface area contributed by atoms with E-state index in [0.717, 1.165) is 36.1 Å². The van der Waals surface area contributed by atoms with Crippen molar-refractivity contribution in [3.63, 3.8) is 0 Å². The van der Waals surface area contributed by atoms with Gasteiger partial charge < -0.3 is 4.79 Å². The molecule has 0 N–H and O–H groups in total. The zero-order chi connectivity index (χ0) is 12.0. The predicted octanol–water partition coefficient (Wildman–Crippen LogP) is 4.38. The largest absolute Gasteiger partial charge is 0.303 e. The topological polar surface area (TPSA) is 17.1 Å². The summed E-state index contributed by atoms with van der Waals surface area (Å²) in [6.45, 7) is 4.37. The van der Waals surface area contributed by atoms with Gasteiger partial charge in [0.15, 0.2) is 0 Å². The van der Waals surface area contributed by atoms with Crippen molar-refractivity contribution in [1.29, 1.82) is 0 Å². The third-order valence-electron chi connectivity index (χ3n) is 3.04. The van der Waals surface area contributed by atoms with Gasteiger partial charge >= 0.3 is 0 Å². The number of rotatable bonds is 6. The van der Waals surface area contributed by atoms with E-state index in [4.69, 9.17) is 11.6 Å². The summed E-state index contributed by atoms with van der Waals surface area (Å²) >= 11 is 6.27. The Labute approximate surface area is 103 Å². The highest BCUT2D eigenvalue weighted by Gasteiger charge is 2.11. The van der Waals surface area contributed by atoms with Crippen molar-refractivity contribution in [3.8, 4) is 0 Å². The molecule has 1 nitrogen and oxygen atoms in total. The van der Waals surface area contributed by atoms with Gasteiger partial charge in [-0.25, -0.2) is 0 Å². The molecule has 0 unspecified atom stereocenters. The van der Waals surface area contributed by atoms with Crippen molar-refractivity contribution >= 4 is 17.9 Å². The fraction of sp³-hybridized carbons (Fsp3) is 0.500. The molecule has 16 heavy (non-hydrogen) atoms. The van der Waals surface area contributed by atoms with Crippen LogP contribution in [0.15, 0.2) is 18.2 Å².